The van der Waals surface area contributed by atoms with Crippen LogP contribution in [-0.4, -0.2) is 41.3 Å². The molecule has 1 saturated heterocycles. The van der Waals surface area contributed by atoms with Crippen LogP contribution in [0, 0.1) is 5.92 Å². The maximum atomic E-state index is 4.62. The first-order valence-corrected chi connectivity index (χ1v) is 6.07. The summed E-state index contributed by atoms with van der Waals surface area (Å²) in [6.07, 6.45) is 5.00. The highest BCUT2D eigenvalue weighted by Crippen LogP contribution is 2.21. The van der Waals surface area contributed by atoms with Gasteiger partial charge in [-0.1, -0.05) is 0 Å². The molecule has 17 heavy (non-hydrogen) atoms. The van der Waals surface area contributed by atoms with E-state index in [1.165, 1.54) is 6.42 Å². The van der Waals surface area contributed by atoms with Gasteiger partial charge in [0.25, 0.3) is 0 Å². The van der Waals surface area contributed by atoms with E-state index in [0.29, 0.717) is 0 Å². The predicted molar refractivity (Wildman–Crippen MR) is 67.2 cm³/mol. The van der Waals surface area contributed by atoms with E-state index in [1.54, 1.807) is 10.7 Å². The molecule has 0 bridgehead atoms. The van der Waals surface area contributed by atoms with Crippen LogP contribution in [0.4, 0.5) is 5.82 Å². The summed E-state index contributed by atoms with van der Waals surface area (Å²) in [7, 11) is 2.01. The maximum Gasteiger partial charge on any atom is 0.157 e. The van der Waals surface area contributed by atoms with E-state index >= 15 is 0 Å². The van der Waals surface area contributed by atoms with Crippen molar-refractivity contribution in [3.63, 3.8) is 0 Å². The fourth-order valence-electron chi connectivity index (χ4n) is 2.47. The molecule has 3 rings (SSSR count). The monoisotopic (exact) mass is 231 g/mol. The van der Waals surface area contributed by atoms with Crippen LogP contribution in [0.15, 0.2) is 24.5 Å². The van der Waals surface area contributed by atoms with Crippen molar-refractivity contribution in [2.24, 2.45) is 5.92 Å². The van der Waals surface area contributed by atoms with Gasteiger partial charge >= 0.3 is 0 Å². The van der Waals surface area contributed by atoms with Gasteiger partial charge in [0.2, 0.25) is 0 Å². The molecular weight excluding hydrogens is 214 g/mol. The molecule has 90 valence electrons. The van der Waals surface area contributed by atoms with Gasteiger partial charge in [-0.3, -0.25) is 0 Å². The van der Waals surface area contributed by atoms with Gasteiger partial charge in [-0.15, -0.1) is 0 Å². The van der Waals surface area contributed by atoms with Crippen molar-refractivity contribution in [3.05, 3.63) is 24.5 Å². The van der Waals surface area contributed by atoms with Gasteiger partial charge in [-0.05, 0) is 32.0 Å². The van der Waals surface area contributed by atoms with Crippen molar-refractivity contribution in [1.82, 2.24) is 19.9 Å². The van der Waals surface area contributed by atoms with Gasteiger partial charge in [0.15, 0.2) is 5.65 Å². The summed E-state index contributed by atoms with van der Waals surface area (Å²) in [6.45, 7) is 3.28. The number of aromatic nitrogens is 3. The second kappa shape index (κ2) is 4.33. The fourth-order valence-corrected chi connectivity index (χ4v) is 2.47. The largest absolute Gasteiger partial charge is 0.356 e. The Morgan fingerprint density at radius 1 is 1.47 bits per heavy atom. The second-order valence-corrected chi connectivity index (χ2v) is 4.58. The lowest BCUT2D eigenvalue weighted by Crippen LogP contribution is -2.25. The number of hydrogen-bond donors (Lipinski definition) is 1. The van der Waals surface area contributed by atoms with Crippen LogP contribution in [0.3, 0.4) is 0 Å². The van der Waals surface area contributed by atoms with Crippen molar-refractivity contribution >= 4 is 11.5 Å². The van der Waals surface area contributed by atoms with Crippen LogP contribution in [0.1, 0.15) is 6.42 Å². The van der Waals surface area contributed by atoms with Crippen LogP contribution in [0.25, 0.3) is 5.65 Å². The third-order valence-electron chi connectivity index (χ3n) is 3.35. The van der Waals surface area contributed by atoms with Gasteiger partial charge in [0.1, 0.15) is 5.82 Å². The predicted octanol–water partition coefficient (Wildman–Crippen LogP) is 0.775. The summed E-state index contributed by atoms with van der Waals surface area (Å²) >= 11 is 0. The Bertz CT molecular complexity index is 506. The second-order valence-electron chi connectivity index (χ2n) is 4.58. The molecule has 1 atom stereocenters. The summed E-state index contributed by atoms with van der Waals surface area (Å²) in [5.74, 6) is 1.81. The molecular formula is C12H17N5. The quantitative estimate of drug-likeness (QED) is 0.847. The van der Waals surface area contributed by atoms with Crippen molar-refractivity contribution < 1.29 is 0 Å². The molecule has 5 heteroatoms. The lowest BCUT2D eigenvalue weighted by Gasteiger charge is -2.17. The third-order valence-corrected chi connectivity index (χ3v) is 3.35. The number of fused-ring (bicyclic) bond motifs is 1. The van der Waals surface area contributed by atoms with Crippen LogP contribution >= 0.6 is 0 Å². The SMILES string of the molecule is CNCC1CCN(c2ccn3nccc3n2)C1. The summed E-state index contributed by atoms with van der Waals surface area (Å²) in [5, 5.41) is 7.40. The minimum atomic E-state index is 0.739. The van der Waals surface area contributed by atoms with Crippen LogP contribution in [0.5, 0.6) is 0 Å². The van der Waals surface area contributed by atoms with E-state index in [0.717, 1.165) is 37.0 Å². The highest BCUT2D eigenvalue weighted by atomic mass is 15.3. The Hall–Kier alpha value is -1.62. The molecule has 1 fully saturated rings. The number of nitrogens with one attached hydrogen (secondary N) is 1. The van der Waals surface area contributed by atoms with Gasteiger partial charge in [0, 0.05) is 25.4 Å². The highest BCUT2D eigenvalue weighted by Gasteiger charge is 2.22. The third kappa shape index (κ3) is 1.98. The molecule has 0 aromatic carbocycles. The molecule has 0 radical (unpaired) electrons. The van der Waals surface area contributed by atoms with E-state index in [2.05, 4.69) is 20.3 Å². The van der Waals surface area contributed by atoms with Crippen molar-refractivity contribution in [1.29, 1.82) is 0 Å². The molecule has 2 aromatic rings. The first-order valence-electron chi connectivity index (χ1n) is 6.07. The van der Waals surface area contributed by atoms with Crippen LogP contribution < -0.4 is 10.2 Å². The first kappa shape index (κ1) is 10.5. The minimum absolute atomic E-state index is 0.739. The van der Waals surface area contributed by atoms with E-state index in [1.807, 2.05) is 25.4 Å². The van der Waals surface area contributed by atoms with Gasteiger partial charge in [-0.25, -0.2) is 9.50 Å². The van der Waals surface area contributed by atoms with Crippen molar-refractivity contribution in [2.45, 2.75) is 6.42 Å². The summed E-state index contributed by atoms with van der Waals surface area (Å²) in [4.78, 5) is 6.97. The molecule has 1 unspecified atom stereocenters. The normalized spacial score (nSPS) is 20.3. The molecule has 0 spiro atoms. The Labute approximate surface area is 100 Å². The highest BCUT2D eigenvalue weighted by molar-refractivity contribution is 5.47. The zero-order valence-corrected chi connectivity index (χ0v) is 10.0. The van der Waals surface area contributed by atoms with Gasteiger partial charge in [0.05, 0.1) is 6.20 Å². The summed E-state index contributed by atoms with van der Waals surface area (Å²) in [5.41, 5.74) is 0.916. The van der Waals surface area contributed by atoms with Crippen molar-refractivity contribution in [3.8, 4) is 0 Å². The number of nitrogens with zero attached hydrogens (tertiary/aromatic N) is 4. The molecule has 0 aliphatic carbocycles. The van der Waals surface area contributed by atoms with E-state index in [-0.39, 0.29) is 0 Å². The van der Waals surface area contributed by atoms with E-state index < -0.39 is 0 Å². The Kier molecular flexibility index (Phi) is 2.68. The molecule has 0 amide bonds. The van der Waals surface area contributed by atoms with Crippen LogP contribution in [-0.2, 0) is 0 Å². The molecule has 3 heterocycles. The lowest BCUT2D eigenvalue weighted by molar-refractivity contribution is 0.549. The molecule has 1 N–H and O–H groups in total. The molecule has 1 aliphatic heterocycles. The minimum Gasteiger partial charge on any atom is -0.356 e. The zero-order chi connectivity index (χ0) is 11.7. The van der Waals surface area contributed by atoms with Crippen molar-refractivity contribution in [2.75, 3.05) is 31.6 Å². The number of anilines is 1. The zero-order valence-electron chi connectivity index (χ0n) is 10.0. The van der Waals surface area contributed by atoms with E-state index in [9.17, 15) is 0 Å². The maximum absolute atomic E-state index is 4.62. The molecule has 0 saturated carbocycles. The Morgan fingerprint density at radius 2 is 2.41 bits per heavy atom. The molecule has 2 aromatic heterocycles. The van der Waals surface area contributed by atoms with Gasteiger partial charge in [-0.2, -0.15) is 5.10 Å². The summed E-state index contributed by atoms with van der Waals surface area (Å²) < 4.78 is 1.80. The number of hydrogen-bond acceptors (Lipinski definition) is 4. The average Bonchev–Trinajstić information content (AvgIpc) is 2.96. The lowest BCUT2D eigenvalue weighted by atomic mass is 10.1. The van der Waals surface area contributed by atoms with Crippen LogP contribution in [0.2, 0.25) is 0 Å². The fraction of sp³-hybridized carbons (Fsp3) is 0.500. The topological polar surface area (TPSA) is 45.5 Å². The number of rotatable bonds is 3. The first-order chi connectivity index (χ1) is 8.36. The molecule has 1 aliphatic rings. The molecule has 5 nitrogen and oxygen atoms in total. The average molecular weight is 231 g/mol. The van der Waals surface area contributed by atoms with E-state index in [4.69, 9.17) is 0 Å². The van der Waals surface area contributed by atoms with Gasteiger partial charge < -0.3 is 10.2 Å². The smallest absolute Gasteiger partial charge is 0.157 e. The standard InChI is InChI=1S/C12H17N5/c1-13-8-10-3-6-16(9-10)11-4-7-17-12(15-11)2-5-14-17/h2,4-5,7,10,13H,3,6,8-9H2,1H3. The summed E-state index contributed by atoms with van der Waals surface area (Å²) in [6, 6.07) is 3.98. The Balaban J connectivity index is 1.80. The Morgan fingerprint density at radius 3 is 3.29 bits per heavy atom.